The number of rotatable bonds is 9. The van der Waals surface area contributed by atoms with Crippen LogP contribution in [0, 0.1) is 6.92 Å². The largest absolute Gasteiger partial charge is 0.368 e. The zero-order valence-corrected chi connectivity index (χ0v) is 31.0. The Balaban J connectivity index is 0.885. The Morgan fingerprint density at radius 1 is 0.911 bits per heavy atom. The van der Waals surface area contributed by atoms with Gasteiger partial charge in [-0.05, 0) is 62.9 Å². The summed E-state index contributed by atoms with van der Waals surface area (Å²) < 4.78 is 1.67. The summed E-state index contributed by atoms with van der Waals surface area (Å²) in [6.07, 6.45) is 7.17. The lowest BCUT2D eigenvalue weighted by Crippen LogP contribution is -2.54. The van der Waals surface area contributed by atoms with E-state index in [4.69, 9.17) is 4.98 Å². The van der Waals surface area contributed by atoms with Gasteiger partial charge in [0.25, 0.3) is 17.4 Å². The number of aryl methyl sites for hydroxylation is 1. The van der Waals surface area contributed by atoms with Crippen molar-refractivity contribution < 1.29 is 28.8 Å². The van der Waals surface area contributed by atoms with E-state index >= 15 is 0 Å². The molecule has 0 spiro atoms. The van der Waals surface area contributed by atoms with Crippen molar-refractivity contribution in [2.75, 3.05) is 48.3 Å². The third-order valence-electron chi connectivity index (χ3n) is 11.1. The van der Waals surface area contributed by atoms with E-state index in [1.165, 1.54) is 13.0 Å². The number of imide groups is 2. The van der Waals surface area contributed by atoms with Crippen molar-refractivity contribution in [1.29, 1.82) is 0 Å². The lowest BCUT2D eigenvalue weighted by Gasteiger charge is -2.35. The molecule has 0 radical (unpaired) electrons. The lowest BCUT2D eigenvalue weighted by molar-refractivity contribution is -0.136. The van der Waals surface area contributed by atoms with E-state index in [1.807, 2.05) is 17.0 Å². The van der Waals surface area contributed by atoms with Crippen LogP contribution in [0.3, 0.4) is 0 Å². The molecule has 4 aliphatic rings. The van der Waals surface area contributed by atoms with Crippen molar-refractivity contribution in [3.63, 3.8) is 0 Å². The smallest absolute Gasteiger partial charge is 0.264 e. The summed E-state index contributed by atoms with van der Waals surface area (Å²) in [7, 11) is 0. The minimum atomic E-state index is -1.10. The number of hydrogen-bond donors (Lipinski definition) is 3. The number of anilines is 4. The van der Waals surface area contributed by atoms with Gasteiger partial charge in [-0.25, -0.2) is 9.97 Å². The summed E-state index contributed by atoms with van der Waals surface area (Å²) >= 11 is 0. The number of benzene rings is 1. The first-order chi connectivity index (χ1) is 27.0. The first-order valence-electron chi connectivity index (χ1n) is 18.8. The second kappa shape index (κ2) is 14.7. The molecule has 56 heavy (non-hydrogen) atoms. The zero-order chi connectivity index (χ0) is 39.2. The van der Waals surface area contributed by atoms with Crippen LogP contribution in [-0.4, -0.2) is 103 Å². The number of hydrogen-bond acceptors (Lipinski definition) is 13. The topological polar surface area (TPSA) is 209 Å². The molecule has 5 amide bonds. The number of piperazine rings is 1. The van der Waals surface area contributed by atoms with E-state index in [0.717, 1.165) is 36.3 Å². The first kappa shape index (κ1) is 36.6. The van der Waals surface area contributed by atoms with E-state index in [1.54, 1.807) is 36.0 Å². The standard InChI is InChI=1S/C39H40N10O7/c1-21-26-19-41-39(45-34(26)48(23-6-3-4-7-23)37(55)32(21)22(2)50)43-29-12-10-24(18-40-29)47-16-14-46(15-17-47)20-31(52)42-27-9-5-8-25-33(27)38(56)49(36(25)54)28-11-13-30(51)44-35(28)53/h5,8-10,12,18-19,23,28H,3-4,6-7,11,13-17,20H2,1-2H3,(H,42,52)(H,44,51,53)(H,40,41,43,45). The molecule has 1 aromatic carbocycles. The summed E-state index contributed by atoms with van der Waals surface area (Å²) in [5.41, 5.74) is 2.15. The number of nitrogens with one attached hydrogen (secondary N) is 3. The first-order valence-corrected chi connectivity index (χ1v) is 18.8. The molecule has 288 valence electrons. The molecule has 3 aliphatic heterocycles. The van der Waals surface area contributed by atoms with Crippen LogP contribution in [0.15, 0.2) is 47.5 Å². The van der Waals surface area contributed by atoms with E-state index in [-0.39, 0.29) is 71.0 Å². The Kier molecular flexibility index (Phi) is 9.61. The van der Waals surface area contributed by atoms with Crippen LogP contribution < -0.4 is 26.4 Å². The van der Waals surface area contributed by atoms with Crippen LogP contribution in [0.25, 0.3) is 11.0 Å². The highest BCUT2D eigenvalue weighted by molar-refractivity contribution is 6.26. The fourth-order valence-corrected chi connectivity index (χ4v) is 8.25. The molecule has 3 N–H and O–H groups in total. The number of aromatic nitrogens is 4. The average Bonchev–Trinajstić information content (AvgIpc) is 3.79. The van der Waals surface area contributed by atoms with E-state index in [2.05, 4.69) is 30.8 Å². The van der Waals surface area contributed by atoms with Crippen molar-refractivity contribution in [2.24, 2.45) is 0 Å². The Labute approximate surface area is 320 Å². The van der Waals surface area contributed by atoms with Gasteiger partial charge in [0.05, 0.1) is 40.8 Å². The molecule has 3 fully saturated rings. The Morgan fingerprint density at radius 2 is 1.68 bits per heavy atom. The van der Waals surface area contributed by atoms with Gasteiger partial charge in [0.2, 0.25) is 23.7 Å². The molecule has 1 aliphatic carbocycles. The number of piperidine rings is 1. The molecule has 3 aromatic heterocycles. The van der Waals surface area contributed by atoms with Crippen LogP contribution in [0.5, 0.6) is 0 Å². The molecule has 1 unspecified atom stereocenters. The molecule has 4 aromatic rings. The van der Waals surface area contributed by atoms with E-state index in [0.29, 0.717) is 48.6 Å². The van der Waals surface area contributed by atoms with Crippen molar-refractivity contribution in [1.82, 2.24) is 34.6 Å². The van der Waals surface area contributed by atoms with Gasteiger partial charge < -0.3 is 15.5 Å². The van der Waals surface area contributed by atoms with Gasteiger partial charge in [-0.15, -0.1) is 0 Å². The summed E-state index contributed by atoms with van der Waals surface area (Å²) in [6.45, 7) is 5.66. The number of nitrogens with zero attached hydrogens (tertiary/aromatic N) is 7. The maximum Gasteiger partial charge on any atom is 0.264 e. The van der Waals surface area contributed by atoms with Crippen LogP contribution in [0.2, 0.25) is 0 Å². The number of amides is 5. The van der Waals surface area contributed by atoms with Crippen LogP contribution >= 0.6 is 0 Å². The predicted octanol–water partition coefficient (Wildman–Crippen LogP) is 2.72. The molecule has 17 nitrogen and oxygen atoms in total. The van der Waals surface area contributed by atoms with Gasteiger partial charge in [0, 0.05) is 50.2 Å². The Morgan fingerprint density at radius 3 is 2.38 bits per heavy atom. The highest BCUT2D eigenvalue weighted by Crippen LogP contribution is 2.34. The average molecular weight is 761 g/mol. The number of pyridine rings is 2. The van der Waals surface area contributed by atoms with Gasteiger partial charge in [-0.3, -0.25) is 53.2 Å². The third kappa shape index (κ3) is 6.67. The SMILES string of the molecule is CC(=O)c1c(C)c2cnc(Nc3ccc(N4CCN(CC(=O)Nc5cccc6c5C(=O)N(C5CCC(=O)NC5=O)C6=O)CC4)cn3)nc2n(C2CCCC2)c1=O. The Bertz CT molecular complexity index is 2380. The predicted molar refractivity (Wildman–Crippen MR) is 204 cm³/mol. The van der Waals surface area contributed by atoms with E-state index in [9.17, 15) is 33.6 Å². The molecule has 0 bridgehead atoms. The van der Waals surface area contributed by atoms with Crippen molar-refractivity contribution in [3.8, 4) is 0 Å². The molecule has 6 heterocycles. The normalized spacial score (nSPS) is 19.1. The van der Waals surface area contributed by atoms with E-state index < -0.39 is 29.7 Å². The second-order valence-corrected chi connectivity index (χ2v) is 14.6. The van der Waals surface area contributed by atoms with Crippen LogP contribution in [-0.2, 0) is 14.4 Å². The monoisotopic (exact) mass is 760 g/mol. The molecular formula is C39H40N10O7. The lowest BCUT2D eigenvalue weighted by atomic mass is 10.0. The van der Waals surface area contributed by atoms with Gasteiger partial charge in [-0.2, -0.15) is 4.98 Å². The van der Waals surface area contributed by atoms with Crippen molar-refractivity contribution >= 4 is 69.5 Å². The molecule has 2 saturated heterocycles. The fraction of sp³-hybridized carbons (Fsp3) is 0.385. The van der Waals surface area contributed by atoms with Crippen LogP contribution in [0.1, 0.15) is 88.1 Å². The highest BCUT2D eigenvalue weighted by atomic mass is 16.2. The summed E-state index contributed by atoms with van der Waals surface area (Å²) in [4.78, 5) is 109. The highest BCUT2D eigenvalue weighted by Gasteiger charge is 2.45. The summed E-state index contributed by atoms with van der Waals surface area (Å²) in [5.74, 6) is -2.30. The second-order valence-electron chi connectivity index (χ2n) is 14.6. The quantitative estimate of drug-likeness (QED) is 0.166. The minimum absolute atomic E-state index is 0.0129. The molecule has 17 heteroatoms. The van der Waals surface area contributed by atoms with Crippen molar-refractivity contribution in [3.05, 3.63) is 75.3 Å². The van der Waals surface area contributed by atoms with Gasteiger partial charge in [-0.1, -0.05) is 18.9 Å². The molecule has 8 rings (SSSR count). The molecular weight excluding hydrogens is 720 g/mol. The summed E-state index contributed by atoms with van der Waals surface area (Å²) in [6, 6.07) is 7.23. The van der Waals surface area contributed by atoms with Crippen LogP contribution in [0.4, 0.5) is 23.1 Å². The number of ketones is 1. The number of carbonyl (C=O) groups excluding carboxylic acids is 6. The third-order valence-corrected chi connectivity index (χ3v) is 11.1. The maximum atomic E-state index is 13.5. The maximum absolute atomic E-state index is 13.5. The number of carbonyl (C=O) groups is 6. The van der Waals surface area contributed by atoms with Gasteiger partial charge in [0.15, 0.2) is 5.78 Å². The Hall–Kier alpha value is -6.36. The van der Waals surface area contributed by atoms with Crippen molar-refractivity contribution in [2.45, 2.75) is 64.5 Å². The zero-order valence-electron chi connectivity index (χ0n) is 31.0. The van der Waals surface area contributed by atoms with Gasteiger partial charge in [0.1, 0.15) is 17.5 Å². The molecule has 1 atom stereocenters. The molecule has 1 saturated carbocycles. The number of Topliss-reactive ketones (excluding diaryl/α,β-unsaturated/α-hetero) is 1. The number of fused-ring (bicyclic) bond motifs is 2. The summed E-state index contributed by atoms with van der Waals surface area (Å²) in [5, 5.41) is 8.79. The fourth-order valence-electron chi connectivity index (χ4n) is 8.25. The van der Waals surface area contributed by atoms with Gasteiger partial charge >= 0.3 is 0 Å². The minimum Gasteiger partial charge on any atom is -0.368 e.